The predicted octanol–water partition coefficient (Wildman–Crippen LogP) is 6.14. The van der Waals surface area contributed by atoms with Gasteiger partial charge in [-0.05, 0) is 121 Å². The molecule has 6 rings (SSSR count). The molecule has 0 amide bonds. The number of aliphatic hydroxyl groups excluding tert-OH is 1. The van der Waals surface area contributed by atoms with Crippen molar-refractivity contribution in [3.8, 4) is 17.2 Å². The number of carbonyl (C=O) groups is 1. The van der Waals surface area contributed by atoms with E-state index in [1.807, 2.05) is 50.1 Å². The van der Waals surface area contributed by atoms with Gasteiger partial charge in [-0.15, -0.1) is 0 Å². The molecule has 2 heterocycles. The molecule has 0 bridgehead atoms. The lowest BCUT2D eigenvalue weighted by Crippen LogP contribution is -2.46. The van der Waals surface area contributed by atoms with Crippen LogP contribution in [0, 0.1) is 6.92 Å². The fraction of sp³-hybridized carbons (Fsp3) is 0.688. The first-order valence-corrected chi connectivity index (χ1v) is 22.5. The lowest BCUT2D eigenvalue weighted by atomic mass is 9.91. The molecule has 2 saturated carbocycles. The van der Waals surface area contributed by atoms with Crippen LogP contribution in [0.15, 0.2) is 48.7 Å². The standard InChI is InChI=1S/2C24H38N2O4/c1-18(16-25(2)3)30-23-10-9-19(15-24(23)28-4)12-14-29-22-8-6-5-7-21(22)26-13-11-20(27)17-26;1-18-9-10-19(15-23(18)28-4)12-14-29-22-8-6-5-7-21(22)26-13-11-20(16-26)30-24(27)17-25(2)3/h9-10,15,20-22,27H,1,5-8,11-14,16-17H2,2-4H3;9-10,15,20-22H,5-8,11-14,16-17H2,1-4H3/t2*20-,21-,22-/m11/s1. The minimum atomic E-state index is -0.172. The number of hydrogen-bond acceptors (Lipinski definition) is 12. The van der Waals surface area contributed by atoms with Crippen LogP contribution in [0.2, 0.25) is 0 Å². The van der Waals surface area contributed by atoms with E-state index >= 15 is 0 Å². The Bertz CT molecular complexity index is 1620. The van der Waals surface area contributed by atoms with Crippen molar-refractivity contribution in [2.24, 2.45) is 0 Å². The van der Waals surface area contributed by atoms with Crippen molar-refractivity contribution >= 4 is 5.97 Å². The average molecular weight is 837 g/mol. The van der Waals surface area contributed by atoms with Crippen molar-refractivity contribution in [2.45, 2.75) is 120 Å². The van der Waals surface area contributed by atoms with Crippen LogP contribution in [0.25, 0.3) is 0 Å². The largest absolute Gasteiger partial charge is 0.496 e. The molecule has 2 aliphatic heterocycles. The molecule has 2 saturated heterocycles. The second-order valence-electron chi connectivity index (χ2n) is 17.8. The quantitative estimate of drug-likeness (QED) is 0.130. The highest BCUT2D eigenvalue weighted by molar-refractivity contribution is 5.71. The summed E-state index contributed by atoms with van der Waals surface area (Å²) in [5.74, 6) is 2.90. The van der Waals surface area contributed by atoms with Gasteiger partial charge in [0.25, 0.3) is 0 Å². The highest BCUT2D eigenvalue weighted by Gasteiger charge is 2.37. The molecule has 1 N–H and O–H groups in total. The first-order valence-electron chi connectivity index (χ1n) is 22.5. The van der Waals surface area contributed by atoms with Gasteiger partial charge in [0.05, 0.1) is 58.8 Å². The maximum Gasteiger partial charge on any atom is 0.320 e. The fourth-order valence-corrected chi connectivity index (χ4v) is 9.25. The van der Waals surface area contributed by atoms with E-state index in [1.54, 1.807) is 14.2 Å². The predicted molar refractivity (Wildman–Crippen MR) is 237 cm³/mol. The second kappa shape index (κ2) is 24.4. The molecule has 336 valence electrons. The zero-order valence-electron chi connectivity index (χ0n) is 37.9. The van der Waals surface area contributed by atoms with E-state index in [4.69, 9.17) is 28.4 Å². The Morgan fingerprint density at radius 1 is 0.717 bits per heavy atom. The van der Waals surface area contributed by atoms with E-state index in [2.05, 4.69) is 47.6 Å². The molecule has 2 aromatic carbocycles. The van der Waals surface area contributed by atoms with Crippen molar-refractivity contribution < 1.29 is 38.3 Å². The fourth-order valence-electron chi connectivity index (χ4n) is 9.25. The van der Waals surface area contributed by atoms with Crippen LogP contribution < -0.4 is 14.2 Å². The third-order valence-electron chi connectivity index (χ3n) is 12.3. The number of benzene rings is 2. The molecule has 60 heavy (non-hydrogen) atoms. The van der Waals surface area contributed by atoms with E-state index < -0.39 is 0 Å². The normalized spacial score (nSPS) is 24.9. The highest BCUT2D eigenvalue weighted by Crippen LogP contribution is 2.32. The van der Waals surface area contributed by atoms with Gasteiger partial charge in [0.1, 0.15) is 17.6 Å². The number of β-amino-alcohol motifs (C(OH)–C–C–N with tert-alkyl or cyclic N) is 1. The Labute approximate surface area is 361 Å². The van der Waals surface area contributed by atoms with Gasteiger partial charge in [-0.2, -0.15) is 0 Å². The van der Waals surface area contributed by atoms with Gasteiger partial charge in [-0.1, -0.05) is 50.5 Å². The summed E-state index contributed by atoms with van der Waals surface area (Å²) in [6.07, 6.45) is 13.5. The van der Waals surface area contributed by atoms with Gasteiger partial charge in [-0.3, -0.25) is 19.5 Å². The Balaban J connectivity index is 0.000000228. The van der Waals surface area contributed by atoms with E-state index in [9.17, 15) is 9.90 Å². The second-order valence-corrected chi connectivity index (χ2v) is 17.8. The summed E-state index contributed by atoms with van der Waals surface area (Å²) in [4.78, 5) is 20.8. The summed E-state index contributed by atoms with van der Waals surface area (Å²) in [5, 5.41) is 9.90. The molecule has 4 aliphatic rings. The summed E-state index contributed by atoms with van der Waals surface area (Å²) in [5.41, 5.74) is 3.57. The summed E-state index contributed by atoms with van der Waals surface area (Å²) >= 11 is 0. The number of likely N-dealkylation sites (tertiary alicyclic amines) is 2. The first-order chi connectivity index (χ1) is 28.9. The third kappa shape index (κ3) is 15.0. The van der Waals surface area contributed by atoms with E-state index in [1.165, 1.54) is 49.7 Å². The minimum absolute atomic E-state index is 0.0139. The highest BCUT2D eigenvalue weighted by atomic mass is 16.5. The van der Waals surface area contributed by atoms with Crippen molar-refractivity contribution in [3.05, 3.63) is 65.4 Å². The van der Waals surface area contributed by atoms with E-state index in [-0.39, 0.29) is 30.4 Å². The third-order valence-corrected chi connectivity index (χ3v) is 12.3. The lowest BCUT2D eigenvalue weighted by Gasteiger charge is -2.37. The first kappa shape index (κ1) is 47.8. The number of aryl methyl sites for hydroxylation is 1. The summed E-state index contributed by atoms with van der Waals surface area (Å²) in [6.45, 7) is 12.1. The molecule has 2 aromatic rings. The number of methoxy groups -OCH3 is 2. The van der Waals surface area contributed by atoms with Crippen LogP contribution in [0.4, 0.5) is 0 Å². The van der Waals surface area contributed by atoms with Crippen LogP contribution in [0.1, 0.15) is 80.9 Å². The SMILES string of the molecule is C=C(CN(C)C)Oc1ccc(CCO[C@@H]2CCCC[C@H]2N2CC[C@@H](O)C2)cc1OC.COc1cc(CCO[C@@H]2CCCC[C@H]2N2CC[C@@H](OC(=O)CN(C)C)C2)ccc1C. The Hall–Kier alpha value is -3.23. The molecule has 0 aromatic heterocycles. The zero-order valence-corrected chi connectivity index (χ0v) is 37.9. The van der Waals surface area contributed by atoms with Crippen molar-refractivity contribution in [2.75, 3.05) is 94.9 Å². The average Bonchev–Trinajstić information content (AvgIpc) is 3.87. The van der Waals surface area contributed by atoms with Gasteiger partial charge in [0.15, 0.2) is 11.5 Å². The van der Waals surface area contributed by atoms with Gasteiger partial charge < -0.3 is 38.4 Å². The Kier molecular flexibility index (Phi) is 19.5. The van der Waals surface area contributed by atoms with Crippen LogP contribution in [-0.2, 0) is 31.8 Å². The number of rotatable bonds is 19. The molecule has 0 spiro atoms. The molecule has 0 radical (unpaired) electrons. The number of aliphatic hydroxyl groups is 1. The van der Waals surface area contributed by atoms with Gasteiger partial charge in [0.2, 0.25) is 0 Å². The maximum absolute atomic E-state index is 12.0. The maximum atomic E-state index is 12.0. The molecule has 4 fully saturated rings. The van der Waals surface area contributed by atoms with Gasteiger partial charge in [0, 0.05) is 38.3 Å². The summed E-state index contributed by atoms with van der Waals surface area (Å²) in [6, 6.07) is 13.3. The number of nitrogens with zero attached hydrogens (tertiary/aromatic N) is 4. The molecule has 12 nitrogen and oxygen atoms in total. The number of carbonyl (C=O) groups excluding carboxylic acids is 1. The Morgan fingerprint density at radius 2 is 1.27 bits per heavy atom. The van der Waals surface area contributed by atoms with Crippen molar-refractivity contribution in [1.29, 1.82) is 0 Å². The van der Waals surface area contributed by atoms with Crippen LogP contribution in [0.5, 0.6) is 17.2 Å². The van der Waals surface area contributed by atoms with Crippen LogP contribution in [-0.4, -0.2) is 162 Å². The monoisotopic (exact) mass is 837 g/mol. The smallest absolute Gasteiger partial charge is 0.320 e. The summed E-state index contributed by atoms with van der Waals surface area (Å²) < 4.78 is 35.2. The topological polar surface area (TPSA) is 106 Å². The minimum Gasteiger partial charge on any atom is -0.496 e. The number of ether oxygens (including phenoxy) is 6. The molecule has 2 aliphatic carbocycles. The number of likely N-dealkylation sites (N-methyl/N-ethyl adjacent to an activating group) is 2. The zero-order chi connectivity index (χ0) is 43.0. The molecular formula is C48H76N4O8. The molecule has 12 heteroatoms. The van der Waals surface area contributed by atoms with Gasteiger partial charge >= 0.3 is 5.97 Å². The lowest BCUT2D eigenvalue weighted by molar-refractivity contribution is -0.149. The van der Waals surface area contributed by atoms with E-state index in [0.29, 0.717) is 49.0 Å². The van der Waals surface area contributed by atoms with Crippen molar-refractivity contribution in [3.63, 3.8) is 0 Å². The number of hydrogen-bond donors (Lipinski definition) is 1. The van der Waals surface area contributed by atoms with Crippen molar-refractivity contribution in [1.82, 2.24) is 19.6 Å². The van der Waals surface area contributed by atoms with E-state index in [0.717, 1.165) is 82.6 Å². The molecular weight excluding hydrogens is 761 g/mol. The Morgan fingerprint density at radius 3 is 1.83 bits per heavy atom. The molecule has 0 unspecified atom stereocenters. The van der Waals surface area contributed by atoms with Crippen LogP contribution in [0.3, 0.4) is 0 Å². The number of esters is 1. The van der Waals surface area contributed by atoms with Crippen LogP contribution >= 0.6 is 0 Å². The van der Waals surface area contributed by atoms with Gasteiger partial charge in [-0.25, -0.2) is 0 Å². The molecule has 6 atom stereocenters. The summed E-state index contributed by atoms with van der Waals surface area (Å²) in [7, 11) is 11.1.